The Morgan fingerprint density at radius 1 is 1.04 bits per heavy atom. The van der Waals surface area contributed by atoms with Gasteiger partial charge in [-0.15, -0.1) is 5.10 Å². The van der Waals surface area contributed by atoms with Gasteiger partial charge in [0.25, 0.3) is 11.8 Å². The minimum atomic E-state index is -1.35. The van der Waals surface area contributed by atoms with Crippen molar-refractivity contribution in [1.82, 2.24) is 40.8 Å². The lowest BCUT2D eigenvalue weighted by Gasteiger charge is -2.32. The Labute approximate surface area is 289 Å². The number of carbonyl (C=O) groups excluding carboxylic acids is 5. The molecule has 7 N–H and O–H groups in total. The van der Waals surface area contributed by atoms with E-state index in [0.29, 0.717) is 18.5 Å². The van der Waals surface area contributed by atoms with Gasteiger partial charge in [0.05, 0.1) is 29.5 Å². The number of rotatable bonds is 16. The lowest BCUT2D eigenvalue weighted by atomic mass is 9.84. The van der Waals surface area contributed by atoms with Crippen LogP contribution in [0.25, 0.3) is 0 Å². The van der Waals surface area contributed by atoms with Crippen molar-refractivity contribution in [2.24, 2.45) is 11.7 Å². The third kappa shape index (κ3) is 10.1. The number of likely N-dealkylation sites (tertiary alicyclic amines) is 1. The van der Waals surface area contributed by atoms with Gasteiger partial charge in [-0.05, 0) is 57.6 Å². The third-order valence-corrected chi connectivity index (χ3v) is 9.30. The highest BCUT2D eigenvalue weighted by atomic mass is 16.4. The molecule has 1 aliphatic carbocycles. The van der Waals surface area contributed by atoms with E-state index in [4.69, 9.17) is 10.8 Å². The van der Waals surface area contributed by atoms with Crippen LogP contribution in [0.1, 0.15) is 100 Å². The molecule has 0 spiro atoms. The minimum Gasteiger partial charge on any atom is -0.465 e. The number of primary amides is 1. The molecule has 17 nitrogen and oxygen atoms in total. The number of amides is 5. The van der Waals surface area contributed by atoms with E-state index in [0.717, 1.165) is 32.1 Å². The Balaban J connectivity index is 1.63. The van der Waals surface area contributed by atoms with E-state index in [9.17, 15) is 33.9 Å². The molecule has 3 heterocycles. The molecule has 1 saturated heterocycles. The molecule has 50 heavy (non-hydrogen) atoms. The summed E-state index contributed by atoms with van der Waals surface area (Å²) in [7, 11) is 0. The summed E-state index contributed by atoms with van der Waals surface area (Å²) in [5.74, 6) is -3.82. The molecular weight excluding hydrogens is 650 g/mol. The predicted molar refractivity (Wildman–Crippen MR) is 177 cm³/mol. The zero-order chi connectivity index (χ0) is 36.4. The van der Waals surface area contributed by atoms with Crippen LogP contribution >= 0.6 is 0 Å². The lowest BCUT2D eigenvalue weighted by Crippen LogP contribution is -2.56. The fourth-order valence-electron chi connectivity index (χ4n) is 6.73. The highest BCUT2D eigenvalue weighted by molar-refractivity contribution is 6.37. The number of aliphatic hydroxyl groups is 1. The predicted octanol–water partition coefficient (Wildman–Crippen LogP) is 0.789. The Hall–Kier alpha value is -4.93. The number of nitrogens with zero attached hydrogens (tertiary/aromatic N) is 5. The molecule has 1 saturated carbocycles. The zero-order valence-corrected chi connectivity index (χ0v) is 28.4. The third-order valence-electron chi connectivity index (χ3n) is 9.30. The topological polar surface area (TPSA) is 252 Å². The van der Waals surface area contributed by atoms with E-state index >= 15 is 0 Å². The van der Waals surface area contributed by atoms with Gasteiger partial charge in [-0.2, -0.15) is 0 Å². The number of nitrogens with one attached hydrogen (secondary N) is 3. The van der Waals surface area contributed by atoms with Crippen molar-refractivity contribution in [3.05, 3.63) is 42.0 Å². The largest absolute Gasteiger partial charge is 0.465 e. The summed E-state index contributed by atoms with van der Waals surface area (Å²) in [5.41, 5.74) is 4.57. The van der Waals surface area contributed by atoms with Crippen molar-refractivity contribution in [3.63, 3.8) is 0 Å². The standard InChI is InChI=1S/C33H47N9O8/c1-33(2,50)26-18-37-40-42(26)22-16-25(30(46)38-23(27(43)28(34)44)12-6-7-14-36-32(48)49)41(19-22)31(47)24(15-20-9-4-3-5-10-20)39-29(45)21-11-8-13-35-17-21/h8,11,13,17-18,20,22-25,36,50H,3-7,9-10,12,14-16,19H2,1-2H3,(H2,34,44)(H,38,46)(H,39,45)(H,48,49)/t22-,23?,24+,25-/m0/s1. The molecule has 2 aromatic rings. The van der Waals surface area contributed by atoms with Crippen molar-refractivity contribution in [1.29, 1.82) is 0 Å². The Kier molecular flexibility index (Phi) is 13.0. The number of pyridine rings is 1. The van der Waals surface area contributed by atoms with Crippen LogP contribution in [0.15, 0.2) is 30.7 Å². The maximum atomic E-state index is 14.5. The highest BCUT2D eigenvalue weighted by Gasteiger charge is 2.45. The maximum Gasteiger partial charge on any atom is 0.404 e. The Morgan fingerprint density at radius 3 is 2.42 bits per heavy atom. The second-order valence-corrected chi connectivity index (χ2v) is 13.5. The number of nitrogens with two attached hydrogens (primary N) is 1. The molecule has 2 fully saturated rings. The van der Waals surface area contributed by atoms with Crippen LogP contribution in [0.2, 0.25) is 0 Å². The number of carboxylic acid groups (broad SMARTS) is 1. The van der Waals surface area contributed by atoms with E-state index in [2.05, 4.69) is 31.2 Å². The van der Waals surface area contributed by atoms with Crippen LogP contribution in [-0.2, 0) is 24.8 Å². The van der Waals surface area contributed by atoms with E-state index < -0.39 is 65.3 Å². The van der Waals surface area contributed by atoms with Crippen LogP contribution in [-0.4, -0.2) is 102 Å². The molecule has 0 aromatic carbocycles. The molecule has 272 valence electrons. The number of unbranched alkanes of at least 4 members (excludes halogenated alkanes) is 1. The number of hydrogen-bond donors (Lipinski definition) is 6. The second kappa shape index (κ2) is 17.1. The lowest BCUT2D eigenvalue weighted by molar-refractivity contribution is -0.142. The van der Waals surface area contributed by atoms with Crippen molar-refractivity contribution >= 4 is 35.5 Å². The van der Waals surface area contributed by atoms with E-state index in [-0.39, 0.29) is 43.8 Å². The van der Waals surface area contributed by atoms with Gasteiger partial charge in [0.2, 0.25) is 17.6 Å². The summed E-state index contributed by atoms with van der Waals surface area (Å²) < 4.78 is 1.47. The van der Waals surface area contributed by atoms with Gasteiger partial charge in [0.15, 0.2) is 0 Å². The average molecular weight is 698 g/mol. The molecule has 5 amide bonds. The quantitative estimate of drug-likeness (QED) is 0.106. The van der Waals surface area contributed by atoms with Crippen molar-refractivity contribution in [3.8, 4) is 0 Å². The van der Waals surface area contributed by atoms with E-state index in [1.165, 1.54) is 28.2 Å². The number of ketones is 1. The highest BCUT2D eigenvalue weighted by Crippen LogP contribution is 2.33. The first-order valence-electron chi connectivity index (χ1n) is 17.0. The fourth-order valence-corrected chi connectivity index (χ4v) is 6.73. The molecule has 2 aliphatic rings. The van der Waals surface area contributed by atoms with Crippen LogP contribution in [0.4, 0.5) is 4.79 Å². The maximum absolute atomic E-state index is 14.5. The van der Waals surface area contributed by atoms with E-state index in [1.807, 2.05) is 0 Å². The van der Waals surface area contributed by atoms with Crippen LogP contribution < -0.4 is 21.7 Å². The minimum absolute atomic E-state index is 0.00366. The van der Waals surface area contributed by atoms with Crippen LogP contribution in [0.5, 0.6) is 0 Å². The van der Waals surface area contributed by atoms with Crippen molar-refractivity contribution in [2.45, 2.75) is 108 Å². The van der Waals surface area contributed by atoms with Gasteiger partial charge < -0.3 is 36.8 Å². The second-order valence-electron chi connectivity index (χ2n) is 13.5. The summed E-state index contributed by atoms with van der Waals surface area (Å²) in [6.07, 6.45) is 9.00. The summed E-state index contributed by atoms with van der Waals surface area (Å²) in [6.45, 7) is 3.19. The molecule has 17 heteroatoms. The normalized spacial score (nSPS) is 19.3. The smallest absolute Gasteiger partial charge is 0.404 e. The molecule has 2 aromatic heterocycles. The number of Topliss-reactive ketones (excluding diaryl/α,β-unsaturated/α-hetero) is 1. The first kappa shape index (κ1) is 37.9. The van der Waals surface area contributed by atoms with Gasteiger partial charge in [0.1, 0.15) is 17.7 Å². The van der Waals surface area contributed by atoms with Crippen LogP contribution in [0, 0.1) is 5.92 Å². The molecule has 4 rings (SSSR count). The number of aromatic nitrogens is 4. The number of carbonyl (C=O) groups is 6. The van der Waals surface area contributed by atoms with Crippen molar-refractivity contribution in [2.75, 3.05) is 13.1 Å². The van der Waals surface area contributed by atoms with Gasteiger partial charge in [-0.25, -0.2) is 9.48 Å². The first-order chi connectivity index (χ1) is 23.8. The Bertz CT molecular complexity index is 1520. The average Bonchev–Trinajstić information content (AvgIpc) is 3.76. The van der Waals surface area contributed by atoms with Crippen LogP contribution in [0.3, 0.4) is 0 Å². The summed E-state index contributed by atoms with van der Waals surface area (Å²) >= 11 is 0. The van der Waals surface area contributed by atoms with Crippen molar-refractivity contribution < 1.29 is 39.0 Å². The molecule has 1 unspecified atom stereocenters. The molecule has 0 radical (unpaired) electrons. The summed E-state index contributed by atoms with van der Waals surface area (Å²) in [6, 6.07) is -0.883. The SMILES string of the molecule is CC(C)(O)c1cnnn1[C@H]1C[C@@H](C(=O)NC(CCCCNC(=O)O)C(=O)C(N)=O)N(C(=O)[C@@H](CC2CCCCC2)NC(=O)c2cccnc2)C1. The van der Waals surface area contributed by atoms with Gasteiger partial charge >= 0.3 is 6.09 Å². The summed E-state index contributed by atoms with van der Waals surface area (Å²) in [4.78, 5) is 82.8. The first-order valence-corrected chi connectivity index (χ1v) is 17.0. The molecule has 1 aliphatic heterocycles. The van der Waals surface area contributed by atoms with E-state index in [1.54, 1.807) is 26.0 Å². The number of hydrogen-bond acceptors (Lipinski definition) is 10. The monoisotopic (exact) mass is 697 g/mol. The molecule has 4 atom stereocenters. The van der Waals surface area contributed by atoms with Gasteiger partial charge in [-0.3, -0.25) is 29.0 Å². The molecular formula is C33H47N9O8. The Morgan fingerprint density at radius 2 is 1.78 bits per heavy atom. The van der Waals surface area contributed by atoms with Gasteiger partial charge in [-0.1, -0.05) is 37.3 Å². The summed E-state index contributed by atoms with van der Waals surface area (Å²) in [5, 5.41) is 35.4. The molecule has 0 bridgehead atoms. The zero-order valence-electron chi connectivity index (χ0n) is 28.4. The fraction of sp³-hybridized carbons (Fsp3) is 0.606. The van der Waals surface area contributed by atoms with Gasteiger partial charge in [0, 0.05) is 31.9 Å².